The van der Waals surface area contributed by atoms with E-state index in [0.717, 1.165) is 0 Å². The molecule has 1 aliphatic rings. The van der Waals surface area contributed by atoms with Gasteiger partial charge in [0, 0.05) is 23.4 Å². The molecule has 0 aliphatic carbocycles. The molecule has 1 aromatic rings. The molecule has 0 spiro atoms. The largest absolute Gasteiger partial charge is 0.480 e. The number of aliphatic carboxylic acids is 1. The van der Waals surface area contributed by atoms with Crippen molar-refractivity contribution in [1.82, 2.24) is 9.80 Å². The van der Waals surface area contributed by atoms with Gasteiger partial charge in [-0.15, -0.1) is 0 Å². The molecule has 1 aromatic carbocycles. The van der Waals surface area contributed by atoms with Gasteiger partial charge in [-0.3, -0.25) is 19.3 Å². The quantitative estimate of drug-likeness (QED) is 0.862. The second-order valence-corrected chi connectivity index (χ2v) is 5.09. The summed E-state index contributed by atoms with van der Waals surface area (Å²) in [6.07, 6.45) is 0.647. The van der Waals surface area contributed by atoms with Crippen molar-refractivity contribution < 1.29 is 19.5 Å². The molecule has 0 unspecified atom stereocenters. The molecule has 0 atom stereocenters. The molecule has 0 fully saturated rings. The average Bonchev–Trinajstić information content (AvgIpc) is 2.72. The smallest absolute Gasteiger partial charge is 0.323 e. The van der Waals surface area contributed by atoms with Crippen LogP contribution in [0, 0.1) is 0 Å². The predicted octanol–water partition coefficient (Wildman–Crippen LogP) is 1.44. The van der Waals surface area contributed by atoms with Gasteiger partial charge in [0.05, 0.1) is 0 Å². The van der Waals surface area contributed by atoms with Crippen molar-refractivity contribution in [3.05, 3.63) is 42.0 Å². The molecule has 6 nitrogen and oxygen atoms in total. The Morgan fingerprint density at radius 3 is 2.45 bits per heavy atom. The lowest BCUT2D eigenvalue weighted by Crippen LogP contribution is -2.42. The van der Waals surface area contributed by atoms with E-state index in [1.54, 1.807) is 24.3 Å². The highest BCUT2D eigenvalue weighted by atomic mass is 16.4. The van der Waals surface area contributed by atoms with Crippen molar-refractivity contribution in [3.63, 3.8) is 0 Å². The van der Waals surface area contributed by atoms with Crippen molar-refractivity contribution >= 4 is 23.5 Å². The Hall–Kier alpha value is -2.63. The third-order valence-corrected chi connectivity index (χ3v) is 3.51. The molecule has 0 saturated carbocycles. The zero-order valence-corrected chi connectivity index (χ0v) is 12.4. The third-order valence-electron chi connectivity index (χ3n) is 3.51. The standard InChI is InChI=1S/C16H18N2O4/c1-3-8-17(10-15(20)21)14(19)9-18-11(2)12-6-4-5-7-13(12)16(18)22/h4-7H,2-3,8-10H2,1H3,(H,20,21). The van der Waals surface area contributed by atoms with Crippen LogP contribution in [-0.2, 0) is 9.59 Å². The fourth-order valence-corrected chi connectivity index (χ4v) is 2.46. The van der Waals surface area contributed by atoms with Gasteiger partial charge < -0.3 is 10.0 Å². The molecule has 1 N–H and O–H groups in total. The van der Waals surface area contributed by atoms with Gasteiger partial charge in [-0.1, -0.05) is 31.7 Å². The van der Waals surface area contributed by atoms with Crippen LogP contribution in [0.3, 0.4) is 0 Å². The zero-order chi connectivity index (χ0) is 16.3. The molecule has 0 bridgehead atoms. The third kappa shape index (κ3) is 3.00. The van der Waals surface area contributed by atoms with Crippen LogP contribution in [0.5, 0.6) is 0 Å². The van der Waals surface area contributed by atoms with Gasteiger partial charge in [-0.2, -0.15) is 0 Å². The highest BCUT2D eigenvalue weighted by Crippen LogP contribution is 2.30. The van der Waals surface area contributed by atoms with Crippen molar-refractivity contribution in [2.24, 2.45) is 0 Å². The molecule has 22 heavy (non-hydrogen) atoms. The first kappa shape index (κ1) is 15.8. The number of carboxylic acid groups (broad SMARTS) is 1. The Labute approximate surface area is 128 Å². The molecule has 116 valence electrons. The number of fused-ring (bicyclic) bond motifs is 1. The summed E-state index contributed by atoms with van der Waals surface area (Å²) in [5.41, 5.74) is 1.70. The van der Waals surface area contributed by atoms with E-state index in [4.69, 9.17) is 5.11 Å². The Morgan fingerprint density at radius 1 is 1.27 bits per heavy atom. The fourth-order valence-electron chi connectivity index (χ4n) is 2.46. The molecule has 2 amide bonds. The van der Waals surface area contributed by atoms with Crippen molar-refractivity contribution in [2.75, 3.05) is 19.6 Å². The lowest BCUT2D eigenvalue weighted by atomic mass is 10.1. The first-order chi connectivity index (χ1) is 10.5. The van der Waals surface area contributed by atoms with Gasteiger partial charge in [0.25, 0.3) is 5.91 Å². The number of hydrogen-bond donors (Lipinski definition) is 1. The predicted molar refractivity (Wildman–Crippen MR) is 81.0 cm³/mol. The molecule has 2 rings (SSSR count). The summed E-state index contributed by atoms with van der Waals surface area (Å²) >= 11 is 0. The Morgan fingerprint density at radius 2 is 1.91 bits per heavy atom. The monoisotopic (exact) mass is 302 g/mol. The van der Waals surface area contributed by atoms with Crippen LogP contribution in [0.15, 0.2) is 30.8 Å². The van der Waals surface area contributed by atoms with Crippen LogP contribution in [0.25, 0.3) is 5.70 Å². The summed E-state index contributed by atoms with van der Waals surface area (Å²) in [7, 11) is 0. The summed E-state index contributed by atoms with van der Waals surface area (Å²) < 4.78 is 0. The van der Waals surface area contributed by atoms with Crippen LogP contribution in [0.2, 0.25) is 0 Å². The lowest BCUT2D eigenvalue weighted by molar-refractivity contribution is -0.144. The number of hydrogen-bond acceptors (Lipinski definition) is 3. The second-order valence-electron chi connectivity index (χ2n) is 5.09. The molecule has 0 radical (unpaired) electrons. The first-order valence-corrected chi connectivity index (χ1v) is 7.05. The normalized spacial score (nSPS) is 13.2. The van der Waals surface area contributed by atoms with E-state index in [0.29, 0.717) is 29.8 Å². The van der Waals surface area contributed by atoms with Gasteiger partial charge in [0.2, 0.25) is 5.91 Å². The molecular weight excluding hydrogens is 284 g/mol. The van der Waals surface area contributed by atoms with E-state index in [9.17, 15) is 14.4 Å². The van der Waals surface area contributed by atoms with E-state index >= 15 is 0 Å². The maximum atomic E-state index is 12.3. The van der Waals surface area contributed by atoms with Crippen LogP contribution in [0.4, 0.5) is 0 Å². The summed E-state index contributed by atoms with van der Waals surface area (Å²) in [5.74, 6) is -1.75. The topological polar surface area (TPSA) is 77.9 Å². The molecule has 1 aliphatic heterocycles. The van der Waals surface area contributed by atoms with Crippen molar-refractivity contribution in [1.29, 1.82) is 0 Å². The van der Waals surface area contributed by atoms with Crippen LogP contribution in [0.1, 0.15) is 29.3 Å². The van der Waals surface area contributed by atoms with Crippen LogP contribution < -0.4 is 0 Å². The van der Waals surface area contributed by atoms with Crippen molar-refractivity contribution in [2.45, 2.75) is 13.3 Å². The maximum Gasteiger partial charge on any atom is 0.323 e. The Kier molecular flexibility index (Phi) is 4.60. The fraction of sp³-hybridized carbons (Fsp3) is 0.312. The molecule has 6 heteroatoms. The molecular formula is C16H18N2O4. The van der Waals surface area contributed by atoms with Gasteiger partial charge in [-0.05, 0) is 12.5 Å². The number of carbonyl (C=O) groups is 3. The number of nitrogens with zero attached hydrogens (tertiary/aromatic N) is 2. The minimum atomic E-state index is -1.07. The number of benzene rings is 1. The van der Waals surface area contributed by atoms with E-state index in [2.05, 4.69) is 6.58 Å². The summed E-state index contributed by atoms with van der Waals surface area (Å²) in [4.78, 5) is 38.0. The zero-order valence-electron chi connectivity index (χ0n) is 12.4. The number of carboxylic acids is 1. The second kappa shape index (κ2) is 6.43. The first-order valence-electron chi connectivity index (χ1n) is 7.05. The Balaban J connectivity index is 2.14. The van der Waals surface area contributed by atoms with Gasteiger partial charge in [0.1, 0.15) is 13.1 Å². The molecule has 0 saturated heterocycles. The Bertz CT molecular complexity index is 604. The average molecular weight is 302 g/mol. The van der Waals surface area contributed by atoms with Crippen LogP contribution in [-0.4, -0.2) is 52.3 Å². The highest BCUT2D eigenvalue weighted by molar-refractivity contribution is 6.10. The number of carbonyl (C=O) groups excluding carboxylic acids is 2. The van der Waals surface area contributed by atoms with E-state index in [1.807, 2.05) is 6.92 Å². The van der Waals surface area contributed by atoms with Crippen LogP contribution >= 0.6 is 0 Å². The maximum absolute atomic E-state index is 12.3. The lowest BCUT2D eigenvalue weighted by Gasteiger charge is -2.24. The summed E-state index contributed by atoms with van der Waals surface area (Å²) in [5, 5.41) is 8.87. The molecule has 1 heterocycles. The minimum Gasteiger partial charge on any atom is -0.480 e. The van der Waals surface area contributed by atoms with E-state index < -0.39 is 11.9 Å². The highest BCUT2D eigenvalue weighted by Gasteiger charge is 2.33. The van der Waals surface area contributed by atoms with Gasteiger partial charge in [-0.25, -0.2) is 0 Å². The van der Waals surface area contributed by atoms with Gasteiger partial charge >= 0.3 is 5.97 Å². The van der Waals surface area contributed by atoms with E-state index in [-0.39, 0.29) is 19.0 Å². The van der Waals surface area contributed by atoms with Crippen molar-refractivity contribution in [3.8, 4) is 0 Å². The number of rotatable bonds is 6. The summed E-state index contributed by atoms with van der Waals surface area (Å²) in [6.45, 7) is 5.50. The minimum absolute atomic E-state index is 0.195. The summed E-state index contributed by atoms with van der Waals surface area (Å²) in [6, 6.07) is 7.02. The van der Waals surface area contributed by atoms with E-state index in [1.165, 1.54) is 9.80 Å². The molecule has 0 aromatic heterocycles. The SMILES string of the molecule is C=C1c2ccccc2C(=O)N1CC(=O)N(CCC)CC(=O)O. The number of amides is 2. The van der Waals surface area contributed by atoms with Gasteiger partial charge in [0.15, 0.2) is 0 Å².